The van der Waals surface area contributed by atoms with Crippen molar-refractivity contribution >= 4 is 11.8 Å². The van der Waals surface area contributed by atoms with Gasteiger partial charge >= 0.3 is 0 Å². The lowest BCUT2D eigenvalue weighted by molar-refractivity contribution is -0.126. The number of ether oxygens (including phenoxy) is 1. The van der Waals surface area contributed by atoms with E-state index in [0.29, 0.717) is 25.1 Å². The van der Waals surface area contributed by atoms with Gasteiger partial charge in [-0.1, -0.05) is 6.07 Å². The molecule has 0 spiro atoms. The molecule has 1 atom stereocenters. The second-order valence-electron chi connectivity index (χ2n) is 5.14. The molecule has 20 heavy (non-hydrogen) atoms. The molecule has 1 aromatic carbocycles. The summed E-state index contributed by atoms with van der Waals surface area (Å²) in [5.41, 5.74) is 2.33. The van der Waals surface area contributed by atoms with Crippen molar-refractivity contribution in [2.75, 3.05) is 13.2 Å². The standard InChI is InChI=1S/C15H20N2O3/c1-10-3-5-13(7-11(10)2)20-9-15(19)17-12-4-6-14(18)16-8-12/h3,5,7,12H,4,6,8-9H2,1-2H3,(H,16,18)(H,17,19). The van der Waals surface area contributed by atoms with Crippen molar-refractivity contribution in [3.63, 3.8) is 0 Å². The van der Waals surface area contributed by atoms with Crippen LogP contribution in [-0.2, 0) is 9.59 Å². The van der Waals surface area contributed by atoms with Crippen LogP contribution in [0.1, 0.15) is 24.0 Å². The van der Waals surface area contributed by atoms with Gasteiger partial charge < -0.3 is 15.4 Å². The summed E-state index contributed by atoms with van der Waals surface area (Å²) in [6.07, 6.45) is 1.14. The summed E-state index contributed by atoms with van der Waals surface area (Å²) < 4.78 is 5.47. The molecule has 0 saturated carbocycles. The van der Waals surface area contributed by atoms with Crippen LogP contribution in [0.5, 0.6) is 5.75 Å². The van der Waals surface area contributed by atoms with E-state index in [0.717, 1.165) is 5.56 Å². The summed E-state index contributed by atoms with van der Waals surface area (Å²) >= 11 is 0. The lowest BCUT2D eigenvalue weighted by Gasteiger charge is -2.23. The van der Waals surface area contributed by atoms with E-state index in [4.69, 9.17) is 4.74 Å². The van der Waals surface area contributed by atoms with Crippen LogP contribution in [0.3, 0.4) is 0 Å². The fourth-order valence-corrected chi connectivity index (χ4v) is 2.08. The Balaban J connectivity index is 1.77. The Labute approximate surface area is 118 Å². The maximum absolute atomic E-state index is 11.8. The Morgan fingerprint density at radius 2 is 2.20 bits per heavy atom. The van der Waals surface area contributed by atoms with Crippen molar-refractivity contribution in [3.05, 3.63) is 29.3 Å². The molecule has 5 heteroatoms. The van der Waals surface area contributed by atoms with Crippen LogP contribution in [0.25, 0.3) is 0 Å². The third-order valence-electron chi connectivity index (χ3n) is 3.48. The van der Waals surface area contributed by atoms with Crippen LogP contribution in [0.2, 0.25) is 0 Å². The highest BCUT2D eigenvalue weighted by molar-refractivity contribution is 5.79. The van der Waals surface area contributed by atoms with Crippen molar-refractivity contribution in [3.8, 4) is 5.75 Å². The number of hydrogen-bond donors (Lipinski definition) is 2. The predicted octanol–water partition coefficient (Wildman–Crippen LogP) is 1.08. The zero-order valence-corrected chi connectivity index (χ0v) is 11.9. The largest absolute Gasteiger partial charge is 0.484 e. The minimum absolute atomic E-state index is 0.00329. The van der Waals surface area contributed by atoms with Crippen LogP contribution in [0.4, 0.5) is 0 Å². The summed E-state index contributed by atoms with van der Waals surface area (Å²) in [5, 5.41) is 5.59. The monoisotopic (exact) mass is 276 g/mol. The molecule has 1 aliphatic heterocycles. The number of aryl methyl sites for hydroxylation is 2. The Kier molecular flexibility index (Phi) is 4.61. The van der Waals surface area contributed by atoms with E-state index in [9.17, 15) is 9.59 Å². The third-order valence-corrected chi connectivity index (χ3v) is 3.48. The first-order valence-electron chi connectivity index (χ1n) is 6.80. The van der Waals surface area contributed by atoms with Gasteiger partial charge in [-0.25, -0.2) is 0 Å². The summed E-state index contributed by atoms with van der Waals surface area (Å²) in [7, 11) is 0. The van der Waals surface area contributed by atoms with E-state index in [2.05, 4.69) is 10.6 Å². The van der Waals surface area contributed by atoms with Crippen LogP contribution < -0.4 is 15.4 Å². The first kappa shape index (κ1) is 14.4. The molecule has 0 radical (unpaired) electrons. The Hall–Kier alpha value is -2.04. The van der Waals surface area contributed by atoms with Gasteiger partial charge in [0, 0.05) is 19.0 Å². The average Bonchev–Trinajstić information content (AvgIpc) is 2.43. The molecule has 1 fully saturated rings. The van der Waals surface area contributed by atoms with Crippen LogP contribution >= 0.6 is 0 Å². The molecule has 1 aromatic rings. The molecule has 5 nitrogen and oxygen atoms in total. The lowest BCUT2D eigenvalue weighted by Crippen LogP contribution is -2.48. The molecule has 0 bridgehead atoms. The van der Waals surface area contributed by atoms with Crippen molar-refractivity contribution in [2.24, 2.45) is 0 Å². The average molecular weight is 276 g/mol. The van der Waals surface area contributed by atoms with Crippen molar-refractivity contribution in [1.29, 1.82) is 0 Å². The molecule has 2 N–H and O–H groups in total. The topological polar surface area (TPSA) is 67.4 Å². The molecular formula is C15H20N2O3. The van der Waals surface area contributed by atoms with Gasteiger partial charge in [0.1, 0.15) is 5.75 Å². The van der Waals surface area contributed by atoms with Gasteiger partial charge in [-0.05, 0) is 43.5 Å². The fourth-order valence-electron chi connectivity index (χ4n) is 2.08. The molecule has 108 valence electrons. The van der Waals surface area contributed by atoms with E-state index in [1.165, 1.54) is 5.56 Å². The van der Waals surface area contributed by atoms with Crippen LogP contribution in [-0.4, -0.2) is 31.0 Å². The number of benzene rings is 1. The molecular weight excluding hydrogens is 256 g/mol. The van der Waals surface area contributed by atoms with E-state index in [-0.39, 0.29) is 24.5 Å². The Morgan fingerprint density at radius 3 is 2.85 bits per heavy atom. The molecule has 0 aliphatic carbocycles. The fraction of sp³-hybridized carbons (Fsp3) is 0.467. The van der Waals surface area contributed by atoms with Gasteiger partial charge in [0.15, 0.2) is 6.61 Å². The normalized spacial score (nSPS) is 18.3. The third kappa shape index (κ3) is 3.98. The van der Waals surface area contributed by atoms with Gasteiger partial charge in [-0.2, -0.15) is 0 Å². The number of piperidine rings is 1. The maximum atomic E-state index is 11.8. The van der Waals surface area contributed by atoms with E-state index >= 15 is 0 Å². The summed E-state index contributed by atoms with van der Waals surface area (Å²) in [6, 6.07) is 5.75. The minimum Gasteiger partial charge on any atom is -0.484 e. The first-order valence-corrected chi connectivity index (χ1v) is 6.80. The smallest absolute Gasteiger partial charge is 0.258 e. The second kappa shape index (κ2) is 6.41. The number of carbonyl (C=O) groups is 2. The molecule has 2 rings (SSSR count). The second-order valence-corrected chi connectivity index (χ2v) is 5.14. The zero-order valence-electron chi connectivity index (χ0n) is 11.9. The van der Waals surface area contributed by atoms with Crippen molar-refractivity contribution in [1.82, 2.24) is 10.6 Å². The number of hydrogen-bond acceptors (Lipinski definition) is 3. The molecule has 1 aliphatic rings. The van der Waals surface area contributed by atoms with Gasteiger partial charge in [-0.3, -0.25) is 9.59 Å². The Morgan fingerprint density at radius 1 is 1.40 bits per heavy atom. The van der Waals surface area contributed by atoms with Gasteiger partial charge in [0.25, 0.3) is 5.91 Å². The van der Waals surface area contributed by atoms with Gasteiger partial charge in [0.05, 0.1) is 0 Å². The lowest BCUT2D eigenvalue weighted by atomic mass is 10.1. The van der Waals surface area contributed by atoms with Crippen molar-refractivity contribution in [2.45, 2.75) is 32.7 Å². The molecule has 1 unspecified atom stereocenters. The quantitative estimate of drug-likeness (QED) is 0.864. The number of amides is 2. The minimum atomic E-state index is -0.163. The number of rotatable bonds is 4. The van der Waals surface area contributed by atoms with Gasteiger partial charge in [0.2, 0.25) is 5.91 Å². The van der Waals surface area contributed by atoms with Crippen LogP contribution in [0.15, 0.2) is 18.2 Å². The van der Waals surface area contributed by atoms with Gasteiger partial charge in [-0.15, -0.1) is 0 Å². The molecule has 1 saturated heterocycles. The van der Waals surface area contributed by atoms with E-state index in [1.54, 1.807) is 0 Å². The number of nitrogens with one attached hydrogen (secondary N) is 2. The number of carbonyl (C=O) groups excluding carboxylic acids is 2. The highest BCUT2D eigenvalue weighted by Crippen LogP contribution is 2.16. The van der Waals surface area contributed by atoms with E-state index in [1.807, 2.05) is 32.0 Å². The highest BCUT2D eigenvalue weighted by atomic mass is 16.5. The van der Waals surface area contributed by atoms with Crippen molar-refractivity contribution < 1.29 is 14.3 Å². The summed E-state index contributed by atoms with van der Waals surface area (Å²) in [4.78, 5) is 22.8. The molecule has 0 aromatic heterocycles. The van der Waals surface area contributed by atoms with E-state index < -0.39 is 0 Å². The zero-order chi connectivity index (χ0) is 14.5. The predicted molar refractivity (Wildman–Crippen MR) is 75.6 cm³/mol. The van der Waals surface area contributed by atoms with Crippen LogP contribution in [0, 0.1) is 13.8 Å². The summed E-state index contributed by atoms with van der Waals surface area (Å²) in [5.74, 6) is 0.575. The molecule has 2 amide bonds. The SMILES string of the molecule is Cc1ccc(OCC(=O)NC2CCC(=O)NC2)cc1C. The molecule has 1 heterocycles. The highest BCUT2D eigenvalue weighted by Gasteiger charge is 2.19. The first-order chi connectivity index (χ1) is 9.54. The Bertz CT molecular complexity index is 504. The summed E-state index contributed by atoms with van der Waals surface area (Å²) in [6.45, 7) is 4.53. The maximum Gasteiger partial charge on any atom is 0.258 e.